The highest BCUT2D eigenvalue weighted by Crippen LogP contribution is 2.26. The van der Waals surface area contributed by atoms with Crippen LogP contribution in [0, 0.1) is 0 Å². The van der Waals surface area contributed by atoms with Crippen molar-refractivity contribution in [2.24, 2.45) is 0 Å². The molecule has 2 aromatic carbocycles. The largest absolute Gasteiger partial charge is 0.478 e. The molecule has 0 bridgehead atoms. The molecule has 0 aliphatic carbocycles. The normalized spacial score (nSPS) is 11.4. The summed E-state index contributed by atoms with van der Waals surface area (Å²) in [5.74, 6) is 0.496. The second kappa shape index (κ2) is 10.1. The Morgan fingerprint density at radius 2 is 1.59 bits per heavy atom. The SMILES string of the molecule is Cl.O=C(Cc1ccc(Cl)cn1)C(Oc1ccc(Br)cc1)c1ccc(Cl)cc1. The van der Waals surface area contributed by atoms with Gasteiger partial charge in [-0.15, -0.1) is 12.4 Å². The van der Waals surface area contributed by atoms with Gasteiger partial charge in [-0.3, -0.25) is 9.78 Å². The van der Waals surface area contributed by atoms with E-state index in [2.05, 4.69) is 20.9 Å². The van der Waals surface area contributed by atoms with Gasteiger partial charge in [0, 0.05) is 21.4 Å². The number of ketones is 1. The second-order valence-electron chi connectivity index (χ2n) is 5.61. The molecule has 0 aliphatic rings. The van der Waals surface area contributed by atoms with E-state index >= 15 is 0 Å². The molecular weight excluding hydrogens is 472 g/mol. The molecule has 3 rings (SSSR count). The van der Waals surface area contributed by atoms with Gasteiger partial charge >= 0.3 is 0 Å². The Balaban J connectivity index is 0.00000261. The summed E-state index contributed by atoms with van der Waals surface area (Å²) >= 11 is 15.2. The number of rotatable bonds is 6. The van der Waals surface area contributed by atoms with E-state index in [0.29, 0.717) is 21.5 Å². The van der Waals surface area contributed by atoms with Crippen LogP contribution in [-0.4, -0.2) is 10.8 Å². The molecule has 0 aliphatic heterocycles. The zero-order chi connectivity index (χ0) is 18.5. The molecule has 1 heterocycles. The fourth-order valence-corrected chi connectivity index (χ4v) is 2.89. The minimum Gasteiger partial charge on any atom is -0.478 e. The third kappa shape index (κ3) is 6.22. The molecule has 1 atom stereocenters. The molecule has 140 valence electrons. The van der Waals surface area contributed by atoms with Crippen molar-refractivity contribution in [1.29, 1.82) is 0 Å². The Labute approximate surface area is 182 Å². The quantitative estimate of drug-likeness (QED) is 0.398. The summed E-state index contributed by atoms with van der Waals surface area (Å²) in [6, 6.07) is 17.8. The van der Waals surface area contributed by atoms with Crippen molar-refractivity contribution >= 4 is 57.3 Å². The van der Waals surface area contributed by atoms with Crippen LogP contribution in [0.25, 0.3) is 0 Å². The monoisotopic (exact) mass is 485 g/mol. The van der Waals surface area contributed by atoms with Crippen LogP contribution in [0.3, 0.4) is 0 Å². The first kappa shape index (κ1) is 21.7. The third-order valence-electron chi connectivity index (χ3n) is 3.68. The maximum absolute atomic E-state index is 12.9. The number of hydrogen-bond acceptors (Lipinski definition) is 3. The van der Waals surface area contributed by atoms with Gasteiger partial charge in [-0.1, -0.05) is 51.3 Å². The molecule has 0 N–H and O–H groups in total. The predicted molar refractivity (Wildman–Crippen MR) is 114 cm³/mol. The molecule has 0 spiro atoms. The molecule has 1 unspecified atom stereocenters. The molecule has 0 amide bonds. The molecular formula is C20H15BrCl3NO2. The van der Waals surface area contributed by atoms with Gasteiger partial charge in [0.05, 0.1) is 11.4 Å². The highest BCUT2D eigenvalue weighted by Gasteiger charge is 2.23. The fourth-order valence-electron chi connectivity index (χ4n) is 2.39. The summed E-state index contributed by atoms with van der Waals surface area (Å²) in [5, 5.41) is 1.13. The van der Waals surface area contributed by atoms with Crippen molar-refractivity contribution in [3.05, 3.63) is 92.6 Å². The molecule has 0 saturated carbocycles. The first-order valence-electron chi connectivity index (χ1n) is 7.82. The van der Waals surface area contributed by atoms with E-state index in [0.717, 1.165) is 10.0 Å². The molecule has 3 nitrogen and oxygen atoms in total. The number of carbonyl (C=O) groups is 1. The highest BCUT2D eigenvalue weighted by molar-refractivity contribution is 9.10. The first-order chi connectivity index (χ1) is 12.5. The molecule has 0 saturated heterocycles. The summed E-state index contributed by atoms with van der Waals surface area (Å²) in [6.07, 6.45) is 0.906. The average molecular weight is 488 g/mol. The van der Waals surface area contributed by atoms with Crippen molar-refractivity contribution in [3.63, 3.8) is 0 Å². The van der Waals surface area contributed by atoms with Gasteiger partial charge in [0.15, 0.2) is 11.9 Å². The summed E-state index contributed by atoms with van der Waals surface area (Å²) in [6.45, 7) is 0. The number of nitrogens with zero attached hydrogens (tertiary/aromatic N) is 1. The summed E-state index contributed by atoms with van der Waals surface area (Å²) < 4.78 is 6.92. The van der Waals surface area contributed by atoms with Gasteiger partial charge in [0.25, 0.3) is 0 Å². The van der Waals surface area contributed by atoms with Crippen LogP contribution in [0.15, 0.2) is 71.3 Å². The second-order valence-corrected chi connectivity index (χ2v) is 7.40. The van der Waals surface area contributed by atoms with Crippen LogP contribution in [0.4, 0.5) is 0 Å². The van der Waals surface area contributed by atoms with Gasteiger partial charge in [-0.25, -0.2) is 0 Å². The Hall–Kier alpha value is -1.59. The number of benzene rings is 2. The van der Waals surface area contributed by atoms with Crippen molar-refractivity contribution in [3.8, 4) is 5.75 Å². The summed E-state index contributed by atoms with van der Waals surface area (Å²) in [5.41, 5.74) is 1.37. The molecule has 1 aromatic heterocycles. The van der Waals surface area contributed by atoms with Gasteiger partial charge in [-0.2, -0.15) is 0 Å². The maximum atomic E-state index is 12.9. The van der Waals surface area contributed by atoms with Crippen LogP contribution in [-0.2, 0) is 11.2 Å². The van der Waals surface area contributed by atoms with Crippen LogP contribution in [0.5, 0.6) is 5.75 Å². The number of carbonyl (C=O) groups excluding carboxylic acids is 1. The van der Waals surface area contributed by atoms with Crippen molar-refractivity contribution in [1.82, 2.24) is 4.98 Å². The number of aromatic nitrogens is 1. The fraction of sp³-hybridized carbons (Fsp3) is 0.100. The zero-order valence-electron chi connectivity index (χ0n) is 13.9. The van der Waals surface area contributed by atoms with Crippen LogP contribution < -0.4 is 4.74 Å². The van der Waals surface area contributed by atoms with Crippen LogP contribution >= 0.6 is 51.5 Å². The van der Waals surface area contributed by atoms with E-state index in [-0.39, 0.29) is 24.6 Å². The summed E-state index contributed by atoms with van der Waals surface area (Å²) in [7, 11) is 0. The lowest BCUT2D eigenvalue weighted by Crippen LogP contribution is -2.21. The summed E-state index contributed by atoms with van der Waals surface area (Å²) in [4.78, 5) is 17.1. The lowest BCUT2D eigenvalue weighted by molar-refractivity contribution is -0.125. The van der Waals surface area contributed by atoms with Crippen LogP contribution in [0.1, 0.15) is 17.4 Å². The van der Waals surface area contributed by atoms with E-state index in [1.54, 1.807) is 48.5 Å². The van der Waals surface area contributed by atoms with Gasteiger partial charge in [0.1, 0.15) is 5.75 Å². The Kier molecular flexibility index (Phi) is 8.11. The first-order valence-corrected chi connectivity index (χ1v) is 9.37. The highest BCUT2D eigenvalue weighted by atomic mass is 79.9. The number of halogens is 4. The van der Waals surface area contributed by atoms with E-state index < -0.39 is 6.10 Å². The number of hydrogen-bond donors (Lipinski definition) is 0. The number of Topliss-reactive ketones (excluding diaryl/α,β-unsaturated/α-hetero) is 1. The van der Waals surface area contributed by atoms with Crippen molar-refractivity contribution in [2.75, 3.05) is 0 Å². The van der Waals surface area contributed by atoms with Gasteiger partial charge < -0.3 is 4.74 Å². The Morgan fingerprint density at radius 3 is 2.19 bits per heavy atom. The lowest BCUT2D eigenvalue weighted by Gasteiger charge is -2.19. The number of ether oxygens (including phenoxy) is 1. The smallest absolute Gasteiger partial charge is 0.183 e. The molecule has 7 heteroatoms. The van der Waals surface area contributed by atoms with Gasteiger partial charge in [0.2, 0.25) is 0 Å². The van der Waals surface area contributed by atoms with E-state index in [1.165, 1.54) is 6.20 Å². The topological polar surface area (TPSA) is 39.2 Å². The van der Waals surface area contributed by atoms with E-state index in [9.17, 15) is 4.79 Å². The molecule has 0 radical (unpaired) electrons. The minimum absolute atomic E-state index is 0. The van der Waals surface area contributed by atoms with Crippen molar-refractivity contribution in [2.45, 2.75) is 12.5 Å². The molecule has 3 aromatic rings. The maximum Gasteiger partial charge on any atom is 0.183 e. The Bertz CT molecular complexity index is 885. The van der Waals surface area contributed by atoms with E-state index in [1.807, 2.05) is 12.1 Å². The third-order valence-corrected chi connectivity index (χ3v) is 4.68. The molecule has 0 fully saturated rings. The minimum atomic E-state index is -0.758. The molecule has 27 heavy (non-hydrogen) atoms. The average Bonchev–Trinajstić information content (AvgIpc) is 2.64. The van der Waals surface area contributed by atoms with Gasteiger partial charge in [-0.05, 0) is 54.1 Å². The zero-order valence-corrected chi connectivity index (χ0v) is 17.9. The van der Waals surface area contributed by atoms with E-state index in [4.69, 9.17) is 27.9 Å². The predicted octanol–water partition coefficient (Wildman–Crippen LogP) is 6.50. The number of pyridine rings is 1. The van der Waals surface area contributed by atoms with Crippen molar-refractivity contribution < 1.29 is 9.53 Å². The lowest BCUT2D eigenvalue weighted by atomic mass is 10.0. The van der Waals surface area contributed by atoms with Crippen LogP contribution in [0.2, 0.25) is 10.0 Å². The Morgan fingerprint density at radius 1 is 0.963 bits per heavy atom. The standard InChI is InChI=1S/C20H14BrCl2NO2.ClH/c21-14-3-9-18(10-4-14)26-20(13-1-5-15(22)6-2-13)19(25)11-17-8-7-16(23)12-24-17;/h1-10,12,20H,11H2;1H.